The zero-order valence-electron chi connectivity index (χ0n) is 30.3. The molecule has 1 aliphatic carbocycles. The Morgan fingerprint density at radius 2 is 1.51 bits per heavy atom. The predicted octanol–water partition coefficient (Wildman–Crippen LogP) is 6.13. The molecule has 12 nitrogen and oxygen atoms in total. The van der Waals surface area contributed by atoms with Gasteiger partial charge < -0.3 is 34.6 Å². The molecule has 1 amide bonds. The van der Waals surface area contributed by atoms with Crippen LogP contribution in [0, 0.1) is 0 Å². The minimum atomic E-state index is -0.502. The molecule has 0 spiro atoms. The monoisotopic (exact) mass is 699 g/mol. The molecule has 0 atom stereocenters. The molecule has 0 bridgehead atoms. The third kappa shape index (κ3) is 10.2. The lowest BCUT2D eigenvalue weighted by atomic mass is 9.89. The van der Waals surface area contributed by atoms with Crippen LogP contribution in [0.2, 0.25) is 0 Å². The lowest BCUT2D eigenvalue weighted by molar-refractivity contribution is 0.0234. The topological polar surface area (TPSA) is 129 Å². The van der Waals surface area contributed by atoms with Crippen molar-refractivity contribution in [3.8, 4) is 22.6 Å². The first-order valence-electron chi connectivity index (χ1n) is 18.3. The summed E-state index contributed by atoms with van der Waals surface area (Å²) in [4.78, 5) is 25.9. The maximum absolute atomic E-state index is 11.7. The second kappa shape index (κ2) is 17.3. The number of piperazine rings is 1. The Morgan fingerprint density at radius 3 is 2.22 bits per heavy atom. The Balaban J connectivity index is 0.918. The van der Waals surface area contributed by atoms with Gasteiger partial charge in [0.15, 0.2) is 0 Å². The fraction of sp³-hybridized carbons (Fsp3) is 0.513. The molecule has 274 valence electrons. The van der Waals surface area contributed by atoms with Gasteiger partial charge in [0.1, 0.15) is 34.9 Å². The van der Waals surface area contributed by atoms with Crippen molar-refractivity contribution >= 4 is 22.9 Å². The van der Waals surface area contributed by atoms with Gasteiger partial charge in [0.2, 0.25) is 0 Å². The van der Waals surface area contributed by atoms with Crippen LogP contribution in [0.1, 0.15) is 52.5 Å². The highest BCUT2D eigenvalue weighted by molar-refractivity contribution is 6.00. The maximum atomic E-state index is 11.7. The fourth-order valence-corrected chi connectivity index (χ4v) is 7.04. The number of nitrogen functional groups attached to an aromatic ring is 1. The van der Waals surface area contributed by atoms with E-state index in [9.17, 15) is 4.79 Å². The molecule has 1 saturated carbocycles. The van der Waals surface area contributed by atoms with E-state index in [4.69, 9.17) is 29.7 Å². The van der Waals surface area contributed by atoms with E-state index in [0.29, 0.717) is 50.9 Å². The minimum Gasteiger partial charge on any atom is -0.457 e. The normalized spacial score (nSPS) is 18.9. The number of amides is 1. The first-order valence-corrected chi connectivity index (χ1v) is 18.3. The number of nitrogens with one attached hydrogen (secondary N) is 1. The molecule has 2 aromatic carbocycles. The zero-order chi connectivity index (χ0) is 35.6. The van der Waals surface area contributed by atoms with Gasteiger partial charge in [0, 0.05) is 63.1 Å². The van der Waals surface area contributed by atoms with Crippen LogP contribution < -0.4 is 15.8 Å². The standard InChI is InChI=1S/C39H53N7O5/c1-39(2,3)51-38(47)41-17-23-48-25-26-49-24-22-44-18-20-45(21-19-44)30-11-13-31(14-12-30)46-27-34(35-36(40)42-28-43-37(35)46)29-9-15-33(16-10-29)50-32-7-5-4-6-8-32/h4-10,15-16,27-28,30-31H,11-14,17-26H2,1-3H3,(H,41,47)(H2,40,42,43)/t30-,31+. The van der Waals surface area contributed by atoms with Gasteiger partial charge in [-0.3, -0.25) is 9.80 Å². The summed E-state index contributed by atoms with van der Waals surface area (Å²) in [5.74, 6) is 2.10. The number of nitrogens with two attached hydrogens (primary N) is 1. The minimum absolute atomic E-state index is 0.371. The van der Waals surface area contributed by atoms with Gasteiger partial charge in [-0.15, -0.1) is 0 Å². The lowest BCUT2D eigenvalue weighted by Crippen LogP contribution is -2.51. The number of anilines is 1. The van der Waals surface area contributed by atoms with Crippen LogP contribution in [0.25, 0.3) is 22.2 Å². The van der Waals surface area contributed by atoms with Crippen molar-refractivity contribution in [1.82, 2.24) is 29.7 Å². The van der Waals surface area contributed by atoms with Crippen molar-refractivity contribution in [1.29, 1.82) is 0 Å². The molecule has 0 unspecified atom stereocenters. The highest BCUT2D eigenvalue weighted by Gasteiger charge is 2.30. The number of ether oxygens (including phenoxy) is 4. The SMILES string of the molecule is CC(C)(C)OC(=O)NCCOCCOCCN1CCN([C@H]2CC[C@@H](n3cc(-c4ccc(Oc5ccccc5)cc4)c4c(N)ncnc43)CC2)CC1. The van der Waals surface area contributed by atoms with E-state index in [-0.39, 0.29) is 0 Å². The van der Waals surface area contributed by atoms with Crippen LogP contribution in [0.15, 0.2) is 67.1 Å². The van der Waals surface area contributed by atoms with Gasteiger partial charge in [0.05, 0.1) is 31.8 Å². The van der Waals surface area contributed by atoms with E-state index in [2.05, 4.69) is 43.0 Å². The molecule has 4 aromatic rings. The van der Waals surface area contributed by atoms with Crippen LogP contribution in [-0.4, -0.2) is 108 Å². The molecule has 2 aliphatic rings. The summed E-state index contributed by atoms with van der Waals surface area (Å²) in [6.45, 7) is 13.3. The summed E-state index contributed by atoms with van der Waals surface area (Å²) >= 11 is 0. The van der Waals surface area contributed by atoms with Crippen LogP contribution in [0.3, 0.4) is 0 Å². The largest absolute Gasteiger partial charge is 0.457 e. The molecule has 0 radical (unpaired) electrons. The van der Waals surface area contributed by atoms with Crippen LogP contribution in [-0.2, 0) is 14.2 Å². The van der Waals surface area contributed by atoms with Crippen molar-refractivity contribution < 1.29 is 23.7 Å². The molecule has 3 heterocycles. The summed E-state index contributed by atoms with van der Waals surface area (Å²) in [6, 6.07) is 18.9. The quantitative estimate of drug-likeness (QED) is 0.148. The molecule has 1 aliphatic heterocycles. The maximum Gasteiger partial charge on any atom is 0.407 e. The molecule has 12 heteroatoms. The Bertz CT molecular complexity index is 1680. The predicted molar refractivity (Wildman–Crippen MR) is 199 cm³/mol. The van der Waals surface area contributed by atoms with Crippen molar-refractivity contribution in [2.24, 2.45) is 0 Å². The average Bonchev–Trinajstić information content (AvgIpc) is 3.52. The molecule has 1 saturated heterocycles. The number of fused-ring (bicyclic) bond motifs is 1. The van der Waals surface area contributed by atoms with Crippen molar-refractivity contribution in [2.75, 3.05) is 71.4 Å². The van der Waals surface area contributed by atoms with Crippen molar-refractivity contribution in [2.45, 2.75) is 64.1 Å². The van der Waals surface area contributed by atoms with Crippen LogP contribution in [0.5, 0.6) is 11.5 Å². The number of nitrogens with zero attached hydrogens (tertiary/aromatic N) is 5. The summed E-state index contributed by atoms with van der Waals surface area (Å²) in [7, 11) is 0. The number of hydrogen-bond acceptors (Lipinski definition) is 10. The first-order chi connectivity index (χ1) is 24.7. The number of benzene rings is 2. The zero-order valence-corrected chi connectivity index (χ0v) is 30.3. The van der Waals surface area contributed by atoms with Crippen LogP contribution in [0.4, 0.5) is 10.6 Å². The summed E-state index contributed by atoms with van der Waals surface area (Å²) < 4.78 is 24.9. The number of carbonyl (C=O) groups is 1. The Labute approximate surface area is 301 Å². The molecule has 6 rings (SSSR count). The smallest absolute Gasteiger partial charge is 0.407 e. The van der Waals surface area contributed by atoms with Crippen molar-refractivity contribution in [3.05, 3.63) is 67.1 Å². The van der Waals surface area contributed by atoms with Crippen LogP contribution >= 0.6 is 0 Å². The fourth-order valence-electron chi connectivity index (χ4n) is 7.04. The summed E-state index contributed by atoms with van der Waals surface area (Å²) in [6.07, 6.45) is 7.93. The van der Waals surface area contributed by atoms with Gasteiger partial charge in [-0.25, -0.2) is 14.8 Å². The number of para-hydroxylation sites is 1. The molecular formula is C39H53N7O5. The second-order valence-electron chi connectivity index (χ2n) is 14.3. The van der Waals surface area contributed by atoms with Gasteiger partial charge >= 0.3 is 6.09 Å². The summed E-state index contributed by atoms with van der Waals surface area (Å²) in [5, 5.41) is 3.61. The Kier molecular flexibility index (Phi) is 12.4. The van der Waals surface area contributed by atoms with E-state index in [1.54, 1.807) is 6.33 Å². The molecule has 3 N–H and O–H groups in total. The average molecular weight is 700 g/mol. The number of rotatable bonds is 14. The van der Waals surface area contributed by atoms with Gasteiger partial charge in [0.25, 0.3) is 0 Å². The van der Waals surface area contributed by atoms with Gasteiger partial charge in [-0.2, -0.15) is 0 Å². The van der Waals surface area contributed by atoms with Gasteiger partial charge in [-0.1, -0.05) is 30.3 Å². The number of carbonyl (C=O) groups excluding carboxylic acids is 1. The van der Waals surface area contributed by atoms with E-state index in [0.717, 1.165) is 79.2 Å². The Morgan fingerprint density at radius 1 is 0.843 bits per heavy atom. The van der Waals surface area contributed by atoms with E-state index in [1.807, 2.05) is 63.2 Å². The molecular weight excluding hydrogens is 646 g/mol. The third-order valence-corrected chi connectivity index (χ3v) is 9.60. The molecule has 51 heavy (non-hydrogen) atoms. The Hall–Kier alpha value is -4.23. The third-order valence-electron chi connectivity index (χ3n) is 9.60. The molecule has 2 fully saturated rings. The van der Waals surface area contributed by atoms with E-state index in [1.165, 1.54) is 12.8 Å². The highest BCUT2D eigenvalue weighted by Crippen LogP contribution is 2.39. The highest BCUT2D eigenvalue weighted by atomic mass is 16.6. The number of aromatic nitrogens is 3. The number of hydrogen-bond donors (Lipinski definition) is 2. The van der Waals surface area contributed by atoms with Gasteiger partial charge in [-0.05, 0) is 76.3 Å². The number of alkyl carbamates (subject to hydrolysis) is 1. The summed E-state index contributed by atoms with van der Waals surface area (Å²) in [5.41, 5.74) is 8.98. The molecule has 2 aromatic heterocycles. The first kappa shape index (κ1) is 36.6. The second-order valence-corrected chi connectivity index (χ2v) is 14.3. The van der Waals surface area contributed by atoms with Crippen molar-refractivity contribution in [3.63, 3.8) is 0 Å². The van der Waals surface area contributed by atoms with E-state index < -0.39 is 11.7 Å². The van der Waals surface area contributed by atoms with E-state index >= 15 is 0 Å². The lowest BCUT2D eigenvalue weighted by Gasteiger charge is -2.42.